The number of hydrogen-bond acceptors (Lipinski definition) is 8. The summed E-state index contributed by atoms with van der Waals surface area (Å²) in [5.41, 5.74) is 3.18. The van der Waals surface area contributed by atoms with Crippen molar-refractivity contribution in [1.82, 2.24) is 14.9 Å². The average molecular weight is 461 g/mol. The number of anilines is 1. The van der Waals surface area contributed by atoms with Crippen molar-refractivity contribution in [1.29, 1.82) is 0 Å². The molecule has 166 valence electrons. The third-order valence-electron chi connectivity index (χ3n) is 4.92. The highest BCUT2D eigenvalue weighted by Crippen LogP contribution is 2.36. The van der Waals surface area contributed by atoms with Gasteiger partial charge in [-0.05, 0) is 37.1 Å². The van der Waals surface area contributed by atoms with Crippen LogP contribution >= 0.6 is 23.1 Å². The average Bonchev–Trinajstić information content (AvgIpc) is 3.24. The third kappa shape index (κ3) is 6.03. The number of ether oxygens (including phenoxy) is 1. The summed E-state index contributed by atoms with van der Waals surface area (Å²) in [6.45, 7) is 0.791. The van der Waals surface area contributed by atoms with Gasteiger partial charge in [0.15, 0.2) is 5.13 Å². The molecule has 1 aliphatic rings. The Morgan fingerprint density at radius 1 is 1.23 bits per heavy atom. The van der Waals surface area contributed by atoms with Gasteiger partial charge in [0.2, 0.25) is 0 Å². The number of carbonyl (C=O) groups excluding carboxylic acids is 1. The zero-order valence-corrected chi connectivity index (χ0v) is 20.1. The van der Waals surface area contributed by atoms with Gasteiger partial charge in [0.25, 0.3) is 5.91 Å². The highest BCUT2D eigenvalue weighted by Gasteiger charge is 2.18. The smallest absolute Gasteiger partial charge is 0.280 e. The molecule has 1 N–H and O–H groups in total. The van der Waals surface area contributed by atoms with Crippen LogP contribution in [0.25, 0.3) is 0 Å². The number of benzene rings is 1. The molecule has 3 rings (SSSR count). The van der Waals surface area contributed by atoms with E-state index in [-0.39, 0.29) is 5.91 Å². The summed E-state index contributed by atoms with van der Waals surface area (Å²) in [5, 5.41) is 5.48. The second-order valence-corrected chi connectivity index (χ2v) is 9.57. The standard InChI is InChI=1S/C22H28N4O3S2/c1-25(2)16-8-6-15(7-9-16)13-23-22-24-14-20(31-22)30-17-10-11-19(28-4)18(12-17)21(27)26(3)29-5/h6,8,10-12,14H,7,9,13H2,1-5H3,(H,23,24). The fourth-order valence-corrected chi connectivity index (χ4v) is 4.94. The molecular formula is C22H28N4O3S2. The number of methoxy groups -OCH3 is 1. The summed E-state index contributed by atoms with van der Waals surface area (Å²) in [6.07, 6.45) is 8.36. The van der Waals surface area contributed by atoms with E-state index in [1.54, 1.807) is 43.3 Å². The van der Waals surface area contributed by atoms with Crippen LogP contribution in [-0.2, 0) is 4.84 Å². The molecule has 0 aliphatic heterocycles. The van der Waals surface area contributed by atoms with Crippen LogP contribution in [0, 0.1) is 0 Å². The van der Waals surface area contributed by atoms with Crippen LogP contribution in [0.2, 0.25) is 0 Å². The first-order chi connectivity index (χ1) is 14.9. The minimum atomic E-state index is -0.263. The fourth-order valence-electron chi connectivity index (χ4n) is 3.05. The van der Waals surface area contributed by atoms with E-state index in [2.05, 4.69) is 41.4 Å². The lowest BCUT2D eigenvalue weighted by molar-refractivity contribution is -0.0758. The largest absolute Gasteiger partial charge is 0.496 e. The maximum absolute atomic E-state index is 12.5. The SMILES string of the molecule is COc1ccc(Sc2cnc(NCC3=CC=C(N(C)C)CC3)s2)cc1C(=O)N(C)OC. The van der Waals surface area contributed by atoms with Crippen molar-refractivity contribution >= 4 is 34.1 Å². The van der Waals surface area contributed by atoms with Crippen LogP contribution in [0.1, 0.15) is 23.2 Å². The van der Waals surface area contributed by atoms with E-state index < -0.39 is 0 Å². The van der Waals surface area contributed by atoms with Crippen molar-refractivity contribution in [2.45, 2.75) is 21.9 Å². The van der Waals surface area contributed by atoms with Crippen molar-refractivity contribution in [2.24, 2.45) is 0 Å². The third-order valence-corrected chi connectivity index (χ3v) is 6.96. The molecular weight excluding hydrogens is 432 g/mol. The summed E-state index contributed by atoms with van der Waals surface area (Å²) < 4.78 is 6.38. The fraction of sp³-hybridized carbons (Fsp3) is 0.364. The number of nitrogens with zero attached hydrogens (tertiary/aromatic N) is 3. The van der Waals surface area contributed by atoms with Crippen LogP contribution in [0.15, 0.2) is 56.9 Å². The van der Waals surface area contributed by atoms with Gasteiger partial charge in [-0.15, -0.1) is 0 Å². The molecule has 0 radical (unpaired) electrons. The van der Waals surface area contributed by atoms with Crippen molar-refractivity contribution in [3.63, 3.8) is 0 Å². The summed E-state index contributed by atoms with van der Waals surface area (Å²) in [6, 6.07) is 5.54. The Morgan fingerprint density at radius 3 is 2.68 bits per heavy atom. The van der Waals surface area contributed by atoms with Gasteiger partial charge in [0.1, 0.15) is 5.75 Å². The molecule has 0 fully saturated rings. The van der Waals surface area contributed by atoms with E-state index in [0.29, 0.717) is 11.3 Å². The predicted molar refractivity (Wildman–Crippen MR) is 126 cm³/mol. The van der Waals surface area contributed by atoms with Crippen molar-refractivity contribution in [2.75, 3.05) is 47.2 Å². The minimum absolute atomic E-state index is 0.263. The topological polar surface area (TPSA) is 66.9 Å². The zero-order chi connectivity index (χ0) is 22.4. The first-order valence-electron chi connectivity index (χ1n) is 9.85. The normalized spacial score (nSPS) is 13.3. The molecule has 0 saturated heterocycles. The van der Waals surface area contributed by atoms with E-state index in [0.717, 1.165) is 33.6 Å². The van der Waals surface area contributed by atoms with Crippen LogP contribution < -0.4 is 10.1 Å². The molecule has 0 spiro atoms. The first-order valence-corrected chi connectivity index (χ1v) is 11.5. The molecule has 0 saturated carbocycles. The summed E-state index contributed by atoms with van der Waals surface area (Å²) in [4.78, 5) is 25.1. The predicted octanol–water partition coefficient (Wildman–Crippen LogP) is 4.51. The van der Waals surface area contributed by atoms with Crippen LogP contribution in [0.3, 0.4) is 0 Å². The molecule has 1 aromatic heterocycles. The van der Waals surface area contributed by atoms with Crippen LogP contribution in [0.5, 0.6) is 5.75 Å². The Labute approximate surface area is 191 Å². The van der Waals surface area contributed by atoms with Crippen LogP contribution in [0.4, 0.5) is 5.13 Å². The van der Waals surface area contributed by atoms with Gasteiger partial charge in [-0.1, -0.05) is 34.7 Å². The zero-order valence-electron chi connectivity index (χ0n) is 18.5. The highest BCUT2D eigenvalue weighted by molar-refractivity contribution is 8.01. The van der Waals surface area contributed by atoms with Crippen molar-refractivity contribution in [3.05, 3.63) is 53.4 Å². The van der Waals surface area contributed by atoms with Crippen LogP contribution in [-0.4, -0.2) is 62.8 Å². The molecule has 9 heteroatoms. The molecule has 7 nitrogen and oxygen atoms in total. The van der Waals surface area contributed by atoms with Gasteiger partial charge < -0.3 is 15.0 Å². The quantitative estimate of drug-likeness (QED) is 0.552. The number of thiazole rings is 1. The lowest BCUT2D eigenvalue weighted by Crippen LogP contribution is -2.25. The molecule has 0 unspecified atom stereocenters. The maximum Gasteiger partial charge on any atom is 0.280 e. The van der Waals surface area contributed by atoms with Gasteiger partial charge in [-0.3, -0.25) is 9.63 Å². The number of hydrogen-bond donors (Lipinski definition) is 1. The van der Waals surface area contributed by atoms with E-state index >= 15 is 0 Å². The molecule has 1 amide bonds. The van der Waals surface area contributed by atoms with E-state index in [1.807, 2.05) is 18.3 Å². The molecule has 1 heterocycles. The minimum Gasteiger partial charge on any atom is -0.496 e. The summed E-state index contributed by atoms with van der Waals surface area (Å²) in [5.74, 6) is 0.248. The maximum atomic E-state index is 12.5. The van der Waals surface area contributed by atoms with Gasteiger partial charge in [0, 0.05) is 38.3 Å². The number of nitrogens with one attached hydrogen (secondary N) is 1. The Bertz CT molecular complexity index is 985. The molecule has 1 aromatic carbocycles. The first kappa shape index (κ1) is 23.2. The Morgan fingerprint density at radius 2 is 2.03 bits per heavy atom. The number of rotatable bonds is 9. The second-order valence-electron chi connectivity index (χ2n) is 7.16. The Hall–Kier alpha value is -2.49. The number of carbonyl (C=O) groups is 1. The molecule has 1 aliphatic carbocycles. The molecule has 0 atom stereocenters. The number of amides is 1. The number of allylic oxidation sites excluding steroid dienone is 3. The van der Waals surface area contributed by atoms with Crippen molar-refractivity contribution in [3.8, 4) is 5.75 Å². The number of hydroxylamine groups is 2. The summed E-state index contributed by atoms with van der Waals surface area (Å²) >= 11 is 3.16. The van der Waals surface area contributed by atoms with E-state index in [4.69, 9.17) is 9.57 Å². The Balaban J connectivity index is 1.64. The van der Waals surface area contributed by atoms with Gasteiger partial charge in [-0.25, -0.2) is 10.0 Å². The van der Waals surface area contributed by atoms with Gasteiger partial charge in [-0.2, -0.15) is 0 Å². The molecule has 0 bridgehead atoms. The van der Waals surface area contributed by atoms with Crippen molar-refractivity contribution < 1.29 is 14.4 Å². The summed E-state index contributed by atoms with van der Waals surface area (Å²) in [7, 11) is 8.73. The second kappa shape index (κ2) is 10.7. The lowest BCUT2D eigenvalue weighted by atomic mass is 10.0. The monoisotopic (exact) mass is 460 g/mol. The lowest BCUT2D eigenvalue weighted by Gasteiger charge is -2.21. The van der Waals surface area contributed by atoms with Gasteiger partial charge in [0.05, 0.1) is 30.2 Å². The van der Waals surface area contributed by atoms with Gasteiger partial charge >= 0.3 is 0 Å². The molecule has 31 heavy (non-hydrogen) atoms. The molecule has 2 aromatic rings. The Kier molecular flexibility index (Phi) is 8.00. The highest BCUT2D eigenvalue weighted by atomic mass is 32.2. The van der Waals surface area contributed by atoms with E-state index in [9.17, 15) is 4.79 Å². The number of aromatic nitrogens is 1. The van der Waals surface area contributed by atoms with E-state index in [1.165, 1.54) is 23.4 Å².